The van der Waals surface area contributed by atoms with Crippen molar-refractivity contribution in [2.45, 2.75) is 32.2 Å². The summed E-state index contributed by atoms with van der Waals surface area (Å²) in [5.41, 5.74) is 4.98. The Hall–Kier alpha value is -4.13. The summed E-state index contributed by atoms with van der Waals surface area (Å²) < 4.78 is 7.35. The van der Waals surface area contributed by atoms with Gasteiger partial charge in [-0.15, -0.1) is 0 Å². The molecule has 6 nitrogen and oxygen atoms in total. The zero-order chi connectivity index (χ0) is 29.1. The second kappa shape index (κ2) is 12.2. The lowest BCUT2D eigenvalue weighted by Crippen LogP contribution is -2.11. The molecule has 0 fully saturated rings. The van der Waals surface area contributed by atoms with Crippen LogP contribution in [0, 0.1) is 0 Å². The number of rotatable bonds is 10. The van der Waals surface area contributed by atoms with Crippen LogP contribution in [0.2, 0.25) is 10.0 Å². The summed E-state index contributed by atoms with van der Waals surface area (Å²) in [7, 11) is 1.65. The second-order valence-corrected chi connectivity index (χ2v) is 10.8. The highest BCUT2D eigenvalue weighted by Crippen LogP contribution is 2.35. The first-order valence-corrected chi connectivity index (χ1v) is 14.0. The van der Waals surface area contributed by atoms with Crippen LogP contribution in [0.15, 0.2) is 84.9 Å². The van der Waals surface area contributed by atoms with Gasteiger partial charge in [-0.05, 0) is 72.1 Å². The van der Waals surface area contributed by atoms with E-state index in [4.69, 9.17) is 38.1 Å². The van der Waals surface area contributed by atoms with E-state index < -0.39 is 5.97 Å². The van der Waals surface area contributed by atoms with Gasteiger partial charge >= 0.3 is 5.97 Å². The summed E-state index contributed by atoms with van der Waals surface area (Å²) in [4.78, 5) is 23.3. The molecule has 0 aliphatic heterocycles. The molecule has 0 spiro atoms. The molecule has 0 aliphatic carbocycles. The third-order valence-corrected chi connectivity index (χ3v) is 7.55. The highest BCUT2D eigenvalue weighted by Gasteiger charge is 2.19. The minimum Gasteiger partial charge on any atom is -0.497 e. The SMILES string of the molecule is COc1ccc2cc(-c3cc(-c4cc(Cl)cc(Cl)c4)nn3[C@@H](C)c3ccc(C(=O)CCCC(=O)O)cc3)ccc2c1. The number of carbonyl (C=O) groups is 2. The lowest BCUT2D eigenvalue weighted by molar-refractivity contribution is -0.137. The third-order valence-electron chi connectivity index (χ3n) is 7.11. The topological polar surface area (TPSA) is 81.4 Å². The van der Waals surface area contributed by atoms with Gasteiger partial charge in [0, 0.05) is 39.6 Å². The fourth-order valence-corrected chi connectivity index (χ4v) is 5.42. The van der Waals surface area contributed by atoms with Crippen LogP contribution in [0.5, 0.6) is 5.75 Å². The monoisotopic (exact) mass is 586 g/mol. The summed E-state index contributed by atoms with van der Waals surface area (Å²) in [6.07, 6.45) is 0.493. The largest absolute Gasteiger partial charge is 0.497 e. The highest BCUT2D eigenvalue weighted by molar-refractivity contribution is 6.35. The molecule has 41 heavy (non-hydrogen) atoms. The third kappa shape index (κ3) is 6.45. The molecule has 0 saturated carbocycles. The van der Waals surface area contributed by atoms with E-state index in [1.54, 1.807) is 25.3 Å². The van der Waals surface area contributed by atoms with Crippen molar-refractivity contribution < 1.29 is 19.4 Å². The van der Waals surface area contributed by atoms with Gasteiger partial charge < -0.3 is 9.84 Å². The van der Waals surface area contributed by atoms with E-state index in [1.165, 1.54) is 0 Å². The Kier molecular flexibility index (Phi) is 8.43. The number of Topliss-reactive ketones (excluding diaryl/α,β-unsaturated/α-hetero) is 1. The number of ketones is 1. The van der Waals surface area contributed by atoms with Gasteiger partial charge in [0.25, 0.3) is 0 Å². The highest BCUT2D eigenvalue weighted by atomic mass is 35.5. The number of aliphatic carboxylic acids is 1. The molecule has 1 atom stereocenters. The molecule has 0 amide bonds. The molecule has 8 heteroatoms. The number of carboxylic acids is 1. The average molecular weight is 588 g/mol. The molecule has 0 bridgehead atoms. The second-order valence-electron chi connectivity index (χ2n) is 9.91. The minimum absolute atomic E-state index is 0.0224. The Labute approximate surface area is 248 Å². The number of fused-ring (bicyclic) bond motifs is 1. The van der Waals surface area contributed by atoms with Crippen LogP contribution < -0.4 is 4.74 Å². The number of halogens is 2. The van der Waals surface area contributed by atoms with Crippen LogP contribution in [0.25, 0.3) is 33.3 Å². The number of methoxy groups -OCH3 is 1. The number of ether oxygens (including phenoxy) is 1. The van der Waals surface area contributed by atoms with Gasteiger partial charge in [0.15, 0.2) is 5.78 Å². The Morgan fingerprint density at radius 3 is 2.22 bits per heavy atom. The number of carboxylic acid groups (broad SMARTS) is 1. The average Bonchev–Trinajstić information content (AvgIpc) is 3.41. The van der Waals surface area contributed by atoms with Gasteiger partial charge in [0.05, 0.1) is 24.5 Å². The number of nitrogens with zero attached hydrogens (tertiary/aromatic N) is 2. The summed E-state index contributed by atoms with van der Waals surface area (Å²) >= 11 is 12.6. The predicted molar refractivity (Wildman–Crippen MR) is 163 cm³/mol. The first kappa shape index (κ1) is 28.4. The molecule has 1 N–H and O–H groups in total. The van der Waals surface area contributed by atoms with Gasteiger partial charge in [-0.2, -0.15) is 5.10 Å². The molecule has 0 aliphatic rings. The van der Waals surface area contributed by atoms with Crippen molar-refractivity contribution in [3.05, 3.63) is 106 Å². The van der Waals surface area contributed by atoms with Crippen LogP contribution in [-0.4, -0.2) is 33.7 Å². The van der Waals surface area contributed by atoms with Crippen LogP contribution in [0.1, 0.15) is 48.1 Å². The Balaban J connectivity index is 1.53. The fraction of sp³-hybridized carbons (Fsp3) is 0.182. The summed E-state index contributed by atoms with van der Waals surface area (Å²) in [5.74, 6) is -0.173. The molecule has 4 aromatic carbocycles. The van der Waals surface area contributed by atoms with Crippen molar-refractivity contribution in [3.63, 3.8) is 0 Å². The van der Waals surface area contributed by atoms with E-state index >= 15 is 0 Å². The maximum absolute atomic E-state index is 12.5. The summed E-state index contributed by atoms with van der Waals surface area (Å²) in [6.45, 7) is 2.06. The van der Waals surface area contributed by atoms with E-state index in [2.05, 4.69) is 25.1 Å². The smallest absolute Gasteiger partial charge is 0.303 e. The maximum Gasteiger partial charge on any atom is 0.303 e. The summed E-state index contributed by atoms with van der Waals surface area (Å²) in [5, 5.41) is 17.0. The Bertz CT molecular complexity index is 1720. The maximum atomic E-state index is 12.5. The van der Waals surface area contributed by atoms with Crippen molar-refractivity contribution >= 4 is 45.7 Å². The Morgan fingerprint density at radius 1 is 0.854 bits per heavy atom. The number of carbonyl (C=O) groups excluding carboxylic acids is 1. The van der Waals surface area contributed by atoms with Crippen molar-refractivity contribution in [1.29, 1.82) is 0 Å². The van der Waals surface area contributed by atoms with Gasteiger partial charge in [-0.3, -0.25) is 14.3 Å². The van der Waals surface area contributed by atoms with E-state index in [0.717, 1.165) is 44.6 Å². The molecule has 0 unspecified atom stereocenters. The lowest BCUT2D eigenvalue weighted by Gasteiger charge is -2.17. The Morgan fingerprint density at radius 2 is 1.54 bits per heavy atom. The molecular formula is C33H28Cl2N2O4. The summed E-state index contributed by atoms with van der Waals surface area (Å²) in [6, 6.07) is 26.9. The molecule has 1 aromatic heterocycles. The molecule has 0 saturated heterocycles. The molecular weight excluding hydrogens is 559 g/mol. The van der Waals surface area contributed by atoms with E-state index in [-0.39, 0.29) is 24.7 Å². The van der Waals surface area contributed by atoms with Crippen LogP contribution in [0.3, 0.4) is 0 Å². The molecule has 5 aromatic rings. The standard InChI is InChI=1S/C33H28Cl2N2O4/c1-20(21-6-8-22(9-7-21)32(38)4-3-5-33(39)40)37-31(19-30(36-37)26-15-27(34)18-28(35)16-26)25-11-10-24-17-29(41-2)13-12-23(24)14-25/h6-20H,3-5H2,1-2H3,(H,39,40)/t20-/m0/s1. The van der Waals surface area contributed by atoms with Crippen LogP contribution in [0.4, 0.5) is 0 Å². The van der Waals surface area contributed by atoms with Crippen molar-refractivity contribution in [3.8, 4) is 28.3 Å². The number of hydrogen-bond donors (Lipinski definition) is 1. The molecule has 1 heterocycles. The van der Waals surface area contributed by atoms with Crippen molar-refractivity contribution in [1.82, 2.24) is 9.78 Å². The minimum atomic E-state index is -0.900. The van der Waals surface area contributed by atoms with Gasteiger partial charge in [0.2, 0.25) is 0 Å². The van der Waals surface area contributed by atoms with E-state index in [0.29, 0.717) is 22.0 Å². The normalized spacial score (nSPS) is 11.9. The van der Waals surface area contributed by atoms with Crippen molar-refractivity contribution in [2.75, 3.05) is 7.11 Å². The number of hydrogen-bond acceptors (Lipinski definition) is 4. The first-order chi connectivity index (χ1) is 19.7. The zero-order valence-corrected chi connectivity index (χ0v) is 24.1. The van der Waals surface area contributed by atoms with Crippen LogP contribution in [-0.2, 0) is 4.79 Å². The molecule has 5 rings (SSSR count). The van der Waals surface area contributed by atoms with Gasteiger partial charge in [-0.25, -0.2) is 0 Å². The molecule has 208 valence electrons. The van der Waals surface area contributed by atoms with Crippen molar-refractivity contribution in [2.24, 2.45) is 0 Å². The molecule has 0 radical (unpaired) electrons. The van der Waals surface area contributed by atoms with Gasteiger partial charge in [0.1, 0.15) is 5.75 Å². The van der Waals surface area contributed by atoms with Crippen LogP contribution >= 0.6 is 23.2 Å². The quantitative estimate of drug-likeness (QED) is 0.165. The number of benzene rings is 4. The number of aromatic nitrogens is 2. The first-order valence-electron chi connectivity index (χ1n) is 13.2. The van der Waals surface area contributed by atoms with E-state index in [1.807, 2.05) is 53.2 Å². The zero-order valence-electron chi connectivity index (χ0n) is 22.6. The van der Waals surface area contributed by atoms with E-state index in [9.17, 15) is 9.59 Å². The van der Waals surface area contributed by atoms with Gasteiger partial charge in [-0.1, -0.05) is 65.7 Å². The fourth-order valence-electron chi connectivity index (χ4n) is 4.89. The predicted octanol–water partition coefficient (Wildman–Crippen LogP) is 8.73. The lowest BCUT2D eigenvalue weighted by atomic mass is 10.0.